The van der Waals surface area contributed by atoms with Crippen molar-refractivity contribution in [2.24, 2.45) is 11.8 Å². The molecule has 15 heavy (non-hydrogen) atoms. The minimum atomic E-state index is -2.27. The van der Waals surface area contributed by atoms with Crippen LogP contribution in [0.2, 0.25) is 0 Å². The fraction of sp³-hybridized carbons (Fsp3) is 0.909. The summed E-state index contributed by atoms with van der Waals surface area (Å²) in [7, 11) is -2.27. The number of aliphatic carboxylic acids is 1. The molecule has 0 aliphatic rings. The van der Waals surface area contributed by atoms with Crippen molar-refractivity contribution in [1.29, 1.82) is 0 Å². The molecule has 3 nitrogen and oxygen atoms in total. The van der Waals surface area contributed by atoms with E-state index in [0.29, 0.717) is 18.2 Å². The molecule has 0 fully saturated rings. The zero-order chi connectivity index (χ0) is 12.1. The van der Waals surface area contributed by atoms with E-state index < -0.39 is 19.0 Å². The molecular formula is C11H23O3P. The molecule has 0 aliphatic heterocycles. The zero-order valence-corrected chi connectivity index (χ0v) is 11.1. The highest BCUT2D eigenvalue weighted by molar-refractivity contribution is 7.63. The van der Waals surface area contributed by atoms with E-state index in [1.165, 1.54) is 0 Å². The van der Waals surface area contributed by atoms with Crippen molar-refractivity contribution < 1.29 is 14.5 Å². The molecular weight excluding hydrogens is 211 g/mol. The quantitative estimate of drug-likeness (QED) is 0.688. The van der Waals surface area contributed by atoms with E-state index in [4.69, 9.17) is 5.11 Å². The number of carboxylic acids is 1. The molecule has 0 saturated carbocycles. The average molecular weight is 234 g/mol. The van der Waals surface area contributed by atoms with Crippen LogP contribution in [0.25, 0.3) is 0 Å². The Bertz CT molecular complexity index is 250. The molecule has 1 N–H and O–H groups in total. The summed E-state index contributed by atoms with van der Waals surface area (Å²) in [5.41, 5.74) is 0. The average Bonchev–Trinajstić information content (AvgIpc) is 2.01. The van der Waals surface area contributed by atoms with E-state index in [9.17, 15) is 9.36 Å². The number of carbonyl (C=O) groups is 1. The lowest BCUT2D eigenvalue weighted by Crippen LogP contribution is -2.16. The second kappa shape index (κ2) is 6.32. The fourth-order valence-corrected chi connectivity index (χ4v) is 4.94. The van der Waals surface area contributed by atoms with E-state index in [1.54, 1.807) is 13.6 Å². The van der Waals surface area contributed by atoms with Crippen LogP contribution in [0.4, 0.5) is 0 Å². The van der Waals surface area contributed by atoms with Crippen molar-refractivity contribution >= 4 is 13.1 Å². The zero-order valence-electron chi connectivity index (χ0n) is 10.2. The van der Waals surface area contributed by atoms with Gasteiger partial charge in [0, 0.05) is 12.3 Å². The van der Waals surface area contributed by atoms with Crippen LogP contribution in [0.5, 0.6) is 0 Å². The molecule has 0 radical (unpaired) electrons. The van der Waals surface area contributed by atoms with Gasteiger partial charge in [0.05, 0.1) is 13.1 Å². The molecule has 3 unspecified atom stereocenters. The molecule has 0 amide bonds. The lowest BCUT2D eigenvalue weighted by molar-refractivity contribution is -0.140. The lowest BCUT2D eigenvalue weighted by atomic mass is 10.1. The Hall–Kier alpha value is -0.300. The highest BCUT2D eigenvalue weighted by atomic mass is 31.2. The van der Waals surface area contributed by atoms with Crippen LogP contribution in [0, 0.1) is 11.8 Å². The van der Waals surface area contributed by atoms with E-state index in [2.05, 4.69) is 13.8 Å². The first kappa shape index (κ1) is 14.7. The predicted octanol–water partition coefficient (Wildman–Crippen LogP) is 3.14. The van der Waals surface area contributed by atoms with Gasteiger partial charge < -0.3 is 9.67 Å². The van der Waals surface area contributed by atoms with Crippen LogP contribution in [0.15, 0.2) is 0 Å². The van der Waals surface area contributed by atoms with Crippen LogP contribution in [0.1, 0.15) is 33.6 Å². The van der Waals surface area contributed by atoms with Crippen LogP contribution >= 0.6 is 7.14 Å². The van der Waals surface area contributed by atoms with Gasteiger partial charge in [-0.05, 0) is 12.6 Å². The molecule has 0 aromatic carbocycles. The second-order valence-electron chi connectivity index (χ2n) is 4.80. The topological polar surface area (TPSA) is 54.4 Å². The first-order valence-corrected chi connectivity index (χ1v) is 8.09. The third kappa shape index (κ3) is 6.72. The number of rotatable bonds is 7. The Balaban J connectivity index is 4.18. The Morgan fingerprint density at radius 1 is 1.33 bits per heavy atom. The van der Waals surface area contributed by atoms with Gasteiger partial charge in [-0.25, -0.2) is 0 Å². The molecule has 3 atom stereocenters. The van der Waals surface area contributed by atoms with Crippen molar-refractivity contribution in [2.75, 3.05) is 19.0 Å². The molecule has 90 valence electrons. The van der Waals surface area contributed by atoms with Gasteiger partial charge in [0.1, 0.15) is 0 Å². The minimum Gasteiger partial charge on any atom is -0.481 e. The van der Waals surface area contributed by atoms with Crippen molar-refractivity contribution in [2.45, 2.75) is 33.6 Å². The number of carboxylic acid groups (broad SMARTS) is 1. The van der Waals surface area contributed by atoms with Gasteiger partial charge in [-0.15, -0.1) is 0 Å². The monoisotopic (exact) mass is 234 g/mol. The van der Waals surface area contributed by atoms with Crippen molar-refractivity contribution in [3.8, 4) is 0 Å². The molecule has 0 spiro atoms. The summed E-state index contributed by atoms with van der Waals surface area (Å²) in [4.78, 5) is 10.7. The van der Waals surface area contributed by atoms with E-state index in [-0.39, 0.29) is 0 Å². The fourth-order valence-electron chi connectivity index (χ4n) is 1.98. The predicted molar refractivity (Wildman–Crippen MR) is 64.1 cm³/mol. The first-order chi connectivity index (χ1) is 6.78. The van der Waals surface area contributed by atoms with Gasteiger partial charge >= 0.3 is 5.97 Å². The Kier molecular flexibility index (Phi) is 6.19. The highest BCUT2D eigenvalue weighted by Crippen LogP contribution is 2.45. The minimum absolute atomic E-state index is 0.330. The first-order valence-electron chi connectivity index (χ1n) is 5.57. The van der Waals surface area contributed by atoms with Crippen LogP contribution in [-0.4, -0.2) is 30.1 Å². The second-order valence-corrected chi connectivity index (χ2v) is 8.12. The van der Waals surface area contributed by atoms with Gasteiger partial charge in [0.2, 0.25) is 0 Å². The van der Waals surface area contributed by atoms with Gasteiger partial charge in [0.25, 0.3) is 0 Å². The normalized spacial score (nSPS) is 19.2. The molecule has 0 aromatic heterocycles. The Morgan fingerprint density at radius 2 is 1.87 bits per heavy atom. The Labute approximate surface area is 92.6 Å². The van der Waals surface area contributed by atoms with Gasteiger partial charge in [0.15, 0.2) is 0 Å². The van der Waals surface area contributed by atoms with E-state index >= 15 is 0 Å². The summed E-state index contributed by atoms with van der Waals surface area (Å²) in [6.45, 7) is 7.56. The van der Waals surface area contributed by atoms with Crippen molar-refractivity contribution in [3.05, 3.63) is 0 Å². The molecule has 0 aromatic rings. The third-order valence-electron chi connectivity index (χ3n) is 2.56. The maximum Gasteiger partial charge on any atom is 0.306 e. The molecule has 0 bridgehead atoms. The molecule has 0 aliphatic carbocycles. The van der Waals surface area contributed by atoms with Crippen LogP contribution in [0.3, 0.4) is 0 Å². The van der Waals surface area contributed by atoms with Gasteiger partial charge in [-0.1, -0.05) is 33.6 Å². The van der Waals surface area contributed by atoms with Gasteiger partial charge in [-0.3, -0.25) is 4.79 Å². The largest absolute Gasteiger partial charge is 0.481 e. The lowest BCUT2D eigenvalue weighted by Gasteiger charge is -2.19. The van der Waals surface area contributed by atoms with Crippen LogP contribution < -0.4 is 0 Å². The summed E-state index contributed by atoms with van der Waals surface area (Å²) >= 11 is 0. The number of hydrogen-bond acceptors (Lipinski definition) is 2. The Morgan fingerprint density at radius 3 is 2.27 bits per heavy atom. The van der Waals surface area contributed by atoms with Crippen molar-refractivity contribution in [3.63, 3.8) is 0 Å². The molecule has 4 heteroatoms. The van der Waals surface area contributed by atoms with E-state index in [0.717, 1.165) is 12.8 Å². The summed E-state index contributed by atoms with van der Waals surface area (Å²) in [6.07, 6.45) is 3.17. The van der Waals surface area contributed by atoms with E-state index in [1.807, 2.05) is 0 Å². The standard InChI is InChI=1S/C11H23O3P/c1-5-6-9(2)7-15(4,14)8-10(3)11(12)13/h9-10H,5-8H2,1-4H3,(H,12,13). The van der Waals surface area contributed by atoms with Crippen molar-refractivity contribution in [1.82, 2.24) is 0 Å². The summed E-state index contributed by atoms with van der Waals surface area (Å²) in [6, 6.07) is 0. The van der Waals surface area contributed by atoms with Crippen LogP contribution in [-0.2, 0) is 9.36 Å². The van der Waals surface area contributed by atoms with Gasteiger partial charge in [-0.2, -0.15) is 0 Å². The smallest absolute Gasteiger partial charge is 0.306 e. The maximum atomic E-state index is 12.2. The maximum absolute atomic E-state index is 12.2. The highest BCUT2D eigenvalue weighted by Gasteiger charge is 2.24. The molecule has 0 heterocycles. The molecule has 0 saturated heterocycles. The number of hydrogen-bond donors (Lipinski definition) is 1. The molecule has 0 rings (SSSR count). The third-order valence-corrected chi connectivity index (χ3v) is 5.28. The SMILES string of the molecule is CCCC(C)CP(C)(=O)CC(C)C(=O)O. The summed E-state index contributed by atoms with van der Waals surface area (Å²) in [5.74, 6) is -0.901. The summed E-state index contributed by atoms with van der Waals surface area (Å²) in [5, 5.41) is 8.76. The summed E-state index contributed by atoms with van der Waals surface area (Å²) < 4.78 is 12.2.